The number of aliphatic carboxylic acids is 1. The molecule has 0 aromatic heterocycles. The number of nitrogens with one attached hydrogen (secondary N) is 1. The number of hydrogen-bond acceptors (Lipinski definition) is 5. The maximum Gasteiger partial charge on any atom is 0.332 e. The number of ether oxygens (including phenoxy) is 1. The van der Waals surface area contributed by atoms with Crippen molar-refractivity contribution >= 4 is 17.8 Å². The summed E-state index contributed by atoms with van der Waals surface area (Å²) in [6.07, 6.45) is 0. The number of carbonyl (C=O) groups excluding carboxylic acids is 2. The first kappa shape index (κ1) is 13.4. The number of carboxylic acids is 1. The second-order valence-electron chi connectivity index (χ2n) is 2.80. The Bertz CT molecular complexity index is 266. The van der Waals surface area contributed by atoms with Crippen molar-refractivity contribution in [1.82, 2.24) is 5.32 Å². The van der Waals surface area contributed by atoms with Gasteiger partial charge in [-0.2, -0.15) is 0 Å². The highest BCUT2D eigenvalue weighted by atomic mass is 16.5. The molecule has 0 radical (unpaired) electrons. The number of rotatable bonds is 5. The van der Waals surface area contributed by atoms with Crippen LogP contribution in [0.5, 0.6) is 0 Å². The maximum atomic E-state index is 11.2. The summed E-state index contributed by atoms with van der Waals surface area (Å²) in [5, 5.41) is 10.5. The topological polar surface area (TPSA) is 119 Å². The van der Waals surface area contributed by atoms with Crippen LogP contribution in [0.3, 0.4) is 0 Å². The molecule has 0 saturated carbocycles. The van der Waals surface area contributed by atoms with E-state index < -0.39 is 29.9 Å². The van der Waals surface area contributed by atoms with E-state index in [1.165, 1.54) is 6.92 Å². The van der Waals surface area contributed by atoms with Gasteiger partial charge in [0.2, 0.25) is 5.91 Å². The normalized spacial score (nSPS) is 13.8. The molecule has 7 heteroatoms. The standard InChI is InChI=1S/C8H14N2O5/c1-3-15-8(14)5(9)6(11)10-4(2)7(12)13/h4-5H,3,9H2,1-2H3,(H,10,11)(H,12,13)/t4-,5?/m0/s1. The van der Waals surface area contributed by atoms with Crippen molar-refractivity contribution in [3.05, 3.63) is 0 Å². The molecule has 1 unspecified atom stereocenters. The van der Waals surface area contributed by atoms with E-state index in [0.29, 0.717) is 0 Å². The number of nitrogens with two attached hydrogens (primary N) is 1. The van der Waals surface area contributed by atoms with Crippen molar-refractivity contribution in [2.24, 2.45) is 5.73 Å². The van der Waals surface area contributed by atoms with Crippen LogP contribution in [0.1, 0.15) is 13.8 Å². The predicted octanol–water partition coefficient (Wildman–Crippen LogP) is -1.53. The van der Waals surface area contributed by atoms with Gasteiger partial charge in [0.05, 0.1) is 6.61 Å². The first-order valence-corrected chi connectivity index (χ1v) is 4.35. The zero-order valence-corrected chi connectivity index (χ0v) is 8.52. The molecule has 0 rings (SSSR count). The Balaban J connectivity index is 4.21. The van der Waals surface area contributed by atoms with Crippen LogP contribution in [0.2, 0.25) is 0 Å². The molecular formula is C8H14N2O5. The maximum absolute atomic E-state index is 11.2. The average molecular weight is 218 g/mol. The lowest BCUT2D eigenvalue weighted by Crippen LogP contribution is -2.51. The van der Waals surface area contributed by atoms with Gasteiger partial charge in [0.1, 0.15) is 6.04 Å². The van der Waals surface area contributed by atoms with Gasteiger partial charge in [-0.1, -0.05) is 0 Å². The summed E-state index contributed by atoms with van der Waals surface area (Å²) in [4.78, 5) is 32.5. The first-order chi connectivity index (χ1) is 6.90. The minimum Gasteiger partial charge on any atom is -0.480 e. The lowest BCUT2D eigenvalue weighted by molar-refractivity contribution is -0.149. The molecule has 2 atom stereocenters. The van der Waals surface area contributed by atoms with Crippen LogP contribution in [0.4, 0.5) is 0 Å². The van der Waals surface area contributed by atoms with Gasteiger partial charge in [-0.15, -0.1) is 0 Å². The SMILES string of the molecule is CCOC(=O)C(N)C(=O)N[C@@H](C)C(=O)O. The van der Waals surface area contributed by atoms with E-state index in [4.69, 9.17) is 10.8 Å². The van der Waals surface area contributed by atoms with E-state index in [0.717, 1.165) is 0 Å². The molecule has 0 aromatic rings. The highest BCUT2D eigenvalue weighted by Gasteiger charge is 2.25. The molecule has 0 spiro atoms. The Morgan fingerprint density at radius 3 is 2.40 bits per heavy atom. The number of esters is 1. The fourth-order valence-corrected chi connectivity index (χ4v) is 0.704. The van der Waals surface area contributed by atoms with Gasteiger partial charge in [0.15, 0.2) is 6.04 Å². The van der Waals surface area contributed by atoms with Crippen molar-refractivity contribution in [2.75, 3.05) is 6.61 Å². The third kappa shape index (κ3) is 4.41. The van der Waals surface area contributed by atoms with E-state index in [1.807, 2.05) is 0 Å². The van der Waals surface area contributed by atoms with Crippen molar-refractivity contribution in [3.8, 4) is 0 Å². The molecule has 15 heavy (non-hydrogen) atoms. The summed E-state index contributed by atoms with van der Waals surface area (Å²) >= 11 is 0. The number of amides is 1. The largest absolute Gasteiger partial charge is 0.480 e. The van der Waals surface area contributed by atoms with E-state index in [9.17, 15) is 14.4 Å². The molecule has 0 aliphatic carbocycles. The lowest BCUT2D eigenvalue weighted by Gasteiger charge is -2.13. The van der Waals surface area contributed by atoms with E-state index in [-0.39, 0.29) is 6.61 Å². The van der Waals surface area contributed by atoms with Gasteiger partial charge in [-0.05, 0) is 13.8 Å². The Hall–Kier alpha value is -1.63. The first-order valence-electron chi connectivity index (χ1n) is 4.35. The van der Waals surface area contributed by atoms with Crippen molar-refractivity contribution in [3.63, 3.8) is 0 Å². The molecule has 4 N–H and O–H groups in total. The van der Waals surface area contributed by atoms with E-state index >= 15 is 0 Å². The molecule has 0 bridgehead atoms. The summed E-state index contributed by atoms with van der Waals surface area (Å²) in [6.45, 7) is 2.94. The molecule has 0 saturated heterocycles. The number of carboxylic acid groups (broad SMARTS) is 1. The number of hydrogen-bond donors (Lipinski definition) is 3. The lowest BCUT2D eigenvalue weighted by atomic mass is 10.2. The van der Waals surface area contributed by atoms with Gasteiger partial charge in [-0.25, -0.2) is 4.79 Å². The second kappa shape index (κ2) is 5.97. The Kier molecular flexibility index (Phi) is 5.32. The van der Waals surface area contributed by atoms with Crippen LogP contribution < -0.4 is 11.1 Å². The monoisotopic (exact) mass is 218 g/mol. The third-order valence-electron chi connectivity index (χ3n) is 1.55. The molecule has 1 amide bonds. The van der Waals surface area contributed by atoms with E-state index in [2.05, 4.69) is 10.1 Å². The fourth-order valence-electron chi connectivity index (χ4n) is 0.704. The molecule has 0 heterocycles. The van der Waals surface area contributed by atoms with Gasteiger partial charge in [-0.3, -0.25) is 9.59 Å². The van der Waals surface area contributed by atoms with Crippen molar-refractivity contribution in [1.29, 1.82) is 0 Å². The zero-order chi connectivity index (χ0) is 12.0. The van der Waals surface area contributed by atoms with Gasteiger partial charge in [0.25, 0.3) is 0 Å². The molecule has 7 nitrogen and oxygen atoms in total. The van der Waals surface area contributed by atoms with Crippen LogP contribution >= 0.6 is 0 Å². The summed E-state index contributed by atoms with van der Waals surface area (Å²) in [7, 11) is 0. The molecule has 0 aliphatic rings. The minimum atomic E-state index is -1.49. The van der Waals surface area contributed by atoms with Crippen molar-refractivity contribution < 1.29 is 24.2 Å². The summed E-state index contributed by atoms with van der Waals surface area (Å²) in [5.74, 6) is -2.96. The molecule has 86 valence electrons. The zero-order valence-electron chi connectivity index (χ0n) is 8.52. The van der Waals surface area contributed by atoms with Crippen LogP contribution in [0.25, 0.3) is 0 Å². The molecular weight excluding hydrogens is 204 g/mol. The van der Waals surface area contributed by atoms with Gasteiger partial charge < -0.3 is 20.9 Å². The smallest absolute Gasteiger partial charge is 0.332 e. The quantitative estimate of drug-likeness (QED) is 0.380. The Morgan fingerprint density at radius 2 is 2.00 bits per heavy atom. The minimum absolute atomic E-state index is 0.105. The van der Waals surface area contributed by atoms with Crippen LogP contribution in [-0.4, -0.2) is 41.6 Å². The van der Waals surface area contributed by atoms with Crippen LogP contribution in [-0.2, 0) is 19.1 Å². The molecule has 0 fully saturated rings. The predicted molar refractivity (Wildman–Crippen MR) is 49.8 cm³/mol. The van der Waals surface area contributed by atoms with Crippen LogP contribution in [0.15, 0.2) is 0 Å². The van der Waals surface area contributed by atoms with Crippen LogP contribution in [0, 0.1) is 0 Å². The fraction of sp³-hybridized carbons (Fsp3) is 0.625. The summed E-state index contributed by atoms with van der Waals surface area (Å²) < 4.78 is 4.49. The Morgan fingerprint density at radius 1 is 1.47 bits per heavy atom. The number of carbonyl (C=O) groups is 3. The summed E-state index contributed by atoms with van der Waals surface area (Å²) in [5.41, 5.74) is 5.22. The van der Waals surface area contributed by atoms with Gasteiger partial charge in [0, 0.05) is 0 Å². The van der Waals surface area contributed by atoms with Gasteiger partial charge >= 0.3 is 11.9 Å². The highest BCUT2D eigenvalue weighted by molar-refractivity contribution is 6.02. The molecule has 0 aromatic carbocycles. The van der Waals surface area contributed by atoms with E-state index in [1.54, 1.807) is 6.92 Å². The summed E-state index contributed by atoms with van der Waals surface area (Å²) in [6, 6.07) is -2.59. The highest BCUT2D eigenvalue weighted by Crippen LogP contribution is 1.89. The second-order valence-corrected chi connectivity index (χ2v) is 2.80. The Labute approximate surface area is 86.6 Å². The van der Waals surface area contributed by atoms with Crippen molar-refractivity contribution in [2.45, 2.75) is 25.9 Å². The third-order valence-corrected chi connectivity index (χ3v) is 1.55. The average Bonchev–Trinajstić information content (AvgIpc) is 2.16. The molecule has 0 aliphatic heterocycles.